The van der Waals surface area contributed by atoms with Gasteiger partial charge < -0.3 is 13.7 Å². The summed E-state index contributed by atoms with van der Waals surface area (Å²) in [5, 5.41) is 11.3. The van der Waals surface area contributed by atoms with Crippen molar-refractivity contribution in [1.29, 1.82) is 0 Å². The first kappa shape index (κ1) is 28.0. The Morgan fingerprint density at radius 3 is 1.45 bits per heavy atom. The van der Waals surface area contributed by atoms with Gasteiger partial charge in [0.05, 0.1) is 5.69 Å². The van der Waals surface area contributed by atoms with Crippen LogP contribution in [0.25, 0.3) is 87.5 Å². The van der Waals surface area contributed by atoms with Gasteiger partial charge in [-0.2, -0.15) is 0 Å². The van der Waals surface area contributed by atoms with Crippen LogP contribution in [-0.2, 0) is 0 Å². The molecule has 0 radical (unpaired) electrons. The van der Waals surface area contributed by atoms with Crippen molar-refractivity contribution in [3.8, 4) is 11.3 Å². The number of aromatic nitrogens is 1. The molecule has 0 bridgehead atoms. The highest BCUT2D eigenvalue weighted by atomic mass is 16.3. The van der Waals surface area contributed by atoms with Crippen molar-refractivity contribution in [2.45, 2.75) is 0 Å². The molecule has 0 fully saturated rings. The van der Waals surface area contributed by atoms with Gasteiger partial charge in [-0.15, -0.1) is 0 Å². The van der Waals surface area contributed by atoms with E-state index in [-0.39, 0.29) is 0 Å². The van der Waals surface area contributed by atoms with Crippen molar-refractivity contribution in [2.24, 2.45) is 0 Å². The van der Waals surface area contributed by atoms with E-state index in [1.165, 1.54) is 16.2 Å². The van der Waals surface area contributed by atoms with Crippen LogP contribution < -0.4 is 4.90 Å². The van der Waals surface area contributed by atoms with Crippen LogP contribution in [0.15, 0.2) is 179 Å². The summed E-state index contributed by atoms with van der Waals surface area (Å²) in [5.41, 5.74) is 8.51. The van der Waals surface area contributed by atoms with Crippen LogP contribution in [0.2, 0.25) is 0 Å². The lowest BCUT2D eigenvalue weighted by Gasteiger charge is -2.25. The molecule has 8 aromatic carbocycles. The van der Waals surface area contributed by atoms with Gasteiger partial charge in [-0.3, -0.25) is 4.98 Å². The fourth-order valence-corrected chi connectivity index (χ4v) is 7.73. The highest BCUT2D eigenvalue weighted by Gasteiger charge is 2.19. The predicted molar refractivity (Wildman–Crippen MR) is 211 cm³/mol. The third kappa shape index (κ3) is 4.37. The molecule has 4 heteroatoms. The molecule has 51 heavy (non-hydrogen) atoms. The molecule has 0 saturated heterocycles. The van der Waals surface area contributed by atoms with Gasteiger partial charge in [0.15, 0.2) is 0 Å². The number of anilines is 3. The van der Waals surface area contributed by atoms with Crippen LogP contribution in [0, 0.1) is 0 Å². The first-order chi connectivity index (χ1) is 25.2. The Balaban J connectivity index is 1.09. The van der Waals surface area contributed by atoms with Crippen molar-refractivity contribution in [1.82, 2.24) is 4.98 Å². The second-order valence-electron chi connectivity index (χ2n) is 13.2. The summed E-state index contributed by atoms with van der Waals surface area (Å²) in [5.74, 6) is 0. The first-order valence-electron chi connectivity index (χ1n) is 17.2. The molecule has 11 aromatic rings. The number of hydrogen-bond donors (Lipinski definition) is 0. The van der Waals surface area contributed by atoms with Gasteiger partial charge in [-0.25, -0.2) is 0 Å². The van der Waals surface area contributed by atoms with Gasteiger partial charge >= 0.3 is 0 Å². The van der Waals surface area contributed by atoms with Crippen molar-refractivity contribution in [3.05, 3.63) is 170 Å². The van der Waals surface area contributed by atoms with Crippen LogP contribution >= 0.6 is 0 Å². The molecule has 0 atom stereocenters. The van der Waals surface area contributed by atoms with Gasteiger partial charge in [0, 0.05) is 78.7 Å². The summed E-state index contributed by atoms with van der Waals surface area (Å²) in [7, 11) is 0. The maximum Gasteiger partial charge on any atom is 0.143 e. The molecule has 3 heterocycles. The normalized spacial score (nSPS) is 11.9. The number of pyridine rings is 1. The lowest BCUT2D eigenvalue weighted by atomic mass is 10.0. The highest BCUT2D eigenvalue weighted by Crippen LogP contribution is 2.43. The fraction of sp³-hybridized carbons (Fsp3) is 0. The van der Waals surface area contributed by atoms with E-state index in [1.807, 2.05) is 12.3 Å². The molecule has 0 aliphatic carbocycles. The topological polar surface area (TPSA) is 42.4 Å². The Morgan fingerprint density at radius 1 is 0.373 bits per heavy atom. The van der Waals surface area contributed by atoms with Crippen molar-refractivity contribution in [2.75, 3.05) is 4.90 Å². The summed E-state index contributed by atoms with van der Waals surface area (Å²) < 4.78 is 13.3. The van der Waals surface area contributed by atoms with Crippen molar-refractivity contribution in [3.63, 3.8) is 0 Å². The Hall–Kier alpha value is -6.91. The van der Waals surface area contributed by atoms with E-state index in [0.717, 1.165) is 88.4 Å². The average Bonchev–Trinajstić information content (AvgIpc) is 3.76. The Bertz CT molecular complexity index is 3000. The predicted octanol–water partition coefficient (Wildman–Crippen LogP) is 13.5. The smallest absolute Gasteiger partial charge is 0.143 e. The lowest BCUT2D eigenvalue weighted by molar-refractivity contribution is 0.672. The summed E-state index contributed by atoms with van der Waals surface area (Å²) in [4.78, 5) is 7.05. The van der Waals surface area contributed by atoms with E-state index in [9.17, 15) is 0 Å². The van der Waals surface area contributed by atoms with E-state index in [0.29, 0.717) is 0 Å². The van der Waals surface area contributed by atoms with E-state index in [4.69, 9.17) is 13.8 Å². The Morgan fingerprint density at radius 2 is 0.863 bits per heavy atom. The van der Waals surface area contributed by atoms with Gasteiger partial charge in [-0.1, -0.05) is 97.1 Å². The minimum absolute atomic E-state index is 0.845. The fourth-order valence-electron chi connectivity index (χ4n) is 7.73. The molecule has 0 aliphatic heterocycles. The van der Waals surface area contributed by atoms with Crippen LogP contribution in [0.4, 0.5) is 17.1 Å². The average molecular weight is 653 g/mol. The monoisotopic (exact) mass is 652 g/mol. The van der Waals surface area contributed by atoms with Gasteiger partial charge in [0.1, 0.15) is 22.3 Å². The number of nitrogens with zero attached hydrogens (tertiary/aromatic N) is 2. The minimum Gasteiger partial charge on any atom is -0.455 e. The molecule has 0 saturated carbocycles. The standard InChI is InChI=1S/C47H28N2O2/c1-2-10-33-28-48-43(25-32(33)9-1)31-13-17-34(18-14-31)49(35-19-23-39-41-21-15-29-7-3-5-11-37(29)46(41)50-44(39)26-35)36-20-24-40-42-22-16-30-8-4-6-12-38(30)47(42)51-45(40)27-36/h1-28H. The van der Waals surface area contributed by atoms with Crippen molar-refractivity contribution >= 4 is 93.3 Å². The number of rotatable bonds is 4. The van der Waals surface area contributed by atoms with E-state index in [2.05, 4.69) is 163 Å². The molecule has 238 valence electrons. The van der Waals surface area contributed by atoms with Crippen LogP contribution in [-0.4, -0.2) is 4.98 Å². The third-order valence-corrected chi connectivity index (χ3v) is 10.3. The van der Waals surface area contributed by atoms with Crippen LogP contribution in [0.5, 0.6) is 0 Å². The van der Waals surface area contributed by atoms with Gasteiger partial charge in [0.2, 0.25) is 0 Å². The van der Waals surface area contributed by atoms with Gasteiger partial charge in [-0.05, 0) is 70.8 Å². The molecule has 0 amide bonds. The second kappa shape index (κ2) is 10.8. The molecule has 11 rings (SSSR count). The van der Waals surface area contributed by atoms with E-state index in [1.54, 1.807) is 0 Å². The maximum atomic E-state index is 6.64. The SMILES string of the molecule is c1ccc2cc(-c3ccc(N(c4ccc5c(c4)oc4c6ccccc6ccc54)c4ccc5c(c4)oc4c6ccccc6ccc54)cc3)ncc2c1. The molecular formula is C47H28N2O2. The molecule has 3 aromatic heterocycles. The van der Waals surface area contributed by atoms with Crippen LogP contribution in [0.1, 0.15) is 0 Å². The zero-order valence-electron chi connectivity index (χ0n) is 27.4. The van der Waals surface area contributed by atoms with Gasteiger partial charge in [0.25, 0.3) is 0 Å². The summed E-state index contributed by atoms with van der Waals surface area (Å²) in [6, 6.07) is 57.6. The zero-order valence-corrected chi connectivity index (χ0v) is 27.4. The molecule has 4 nitrogen and oxygen atoms in total. The summed E-state index contributed by atoms with van der Waals surface area (Å²) in [6.45, 7) is 0. The number of benzene rings is 8. The number of hydrogen-bond acceptors (Lipinski definition) is 4. The quantitative estimate of drug-likeness (QED) is 0.190. The lowest BCUT2D eigenvalue weighted by Crippen LogP contribution is -2.09. The first-order valence-corrected chi connectivity index (χ1v) is 17.2. The van der Waals surface area contributed by atoms with E-state index < -0.39 is 0 Å². The zero-order chi connectivity index (χ0) is 33.5. The molecule has 0 spiro atoms. The Kier molecular flexibility index (Phi) is 5.92. The Labute approximate surface area is 292 Å². The summed E-state index contributed by atoms with van der Waals surface area (Å²) >= 11 is 0. The summed E-state index contributed by atoms with van der Waals surface area (Å²) in [6.07, 6.45) is 1.95. The molecular weight excluding hydrogens is 625 g/mol. The molecule has 0 aliphatic rings. The molecule has 0 N–H and O–H groups in total. The molecule has 0 unspecified atom stereocenters. The number of furan rings is 2. The van der Waals surface area contributed by atoms with Crippen molar-refractivity contribution < 1.29 is 8.83 Å². The maximum absolute atomic E-state index is 6.64. The second-order valence-corrected chi connectivity index (χ2v) is 13.2. The largest absolute Gasteiger partial charge is 0.455 e. The van der Waals surface area contributed by atoms with E-state index >= 15 is 0 Å². The minimum atomic E-state index is 0.845. The van der Waals surface area contributed by atoms with Crippen LogP contribution in [0.3, 0.4) is 0 Å². The number of fused-ring (bicyclic) bond motifs is 11. The highest BCUT2D eigenvalue weighted by molar-refractivity contribution is 6.17. The third-order valence-electron chi connectivity index (χ3n) is 10.3.